The van der Waals surface area contributed by atoms with Gasteiger partial charge in [-0.1, -0.05) is 0 Å². The van der Waals surface area contributed by atoms with Crippen LogP contribution in [0.2, 0.25) is 0 Å². The number of aromatic nitrogens is 4. The second kappa shape index (κ2) is 4.74. The molecule has 0 bridgehead atoms. The Morgan fingerprint density at radius 3 is 2.47 bits per heavy atom. The maximum Gasteiger partial charge on any atom is 0.178 e. The Hall–Kier alpha value is -1.75. The normalized spacial score (nSPS) is 14.9. The van der Waals surface area contributed by atoms with Gasteiger partial charge in [-0.3, -0.25) is 0 Å². The summed E-state index contributed by atoms with van der Waals surface area (Å²) in [6.45, 7) is 4.98. The fraction of sp³-hybridized carbons (Fsp3) is 0.500. The van der Waals surface area contributed by atoms with E-state index in [1.54, 1.807) is 12.5 Å². The lowest BCUT2D eigenvalue weighted by Crippen LogP contribution is -2.18. The Morgan fingerprint density at radius 1 is 1.26 bits per heavy atom. The van der Waals surface area contributed by atoms with Crippen molar-refractivity contribution < 1.29 is 0 Å². The van der Waals surface area contributed by atoms with Gasteiger partial charge in [0.05, 0.1) is 12.5 Å². The van der Waals surface area contributed by atoms with E-state index in [-0.39, 0.29) is 0 Å². The third kappa shape index (κ3) is 2.51. The maximum atomic E-state index is 4.62. The summed E-state index contributed by atoms with van der Waals surface area (Å²) in [5.41, 5.74) is 4.28. The van der Waals surface area contributed by atoms with Crippen LogP contribution < -0.4 is 5.32 Å². The molecule has 3 rings (SSSR count). The molecule has 1 N–H and O–H groups in total. The first-order valence-electron chi connectivity index (χ1n) is 6.69. The zero-order valence-electron chi connectivity index (χ0n) is 11.6. The van der Waals surface area contributed by atoms with Crippen LogP contribution in [-0.2, 0) is 13.6 Å². The van der Waals surface area contributed by atoms with E-state index >= 15 is 0 Å². The average Bonchev–Trinajstić information content (AvgIpc) is 3.09. The minimum absolute atomic E-state index is 0.704. The number of hydrogen-bond acceptors (Lipinski definition) is 4. The molecule has 0 amide bonds. The summed E-state index contributed by atoms with van der Waals surface area (Å²) in [6, 6.07) is 0.704. The minimum atomic E-state index is 0.704. The van der Waals surface area contributed by atoms with E-state index in [9.17, 15) is 0 Å². The van der Waals surface area contributed by atoms with Gasteiger partial charge in [0, 0.05) is 36.6 Å². The van der Waals surface area contributed by atoms with Crippen molar-refractivity contribution in [1.29, 1.82) is 0 Å². The first kappa shape index (κ1) is 12.3. The SMILES string of the molecule is Cc1nc(-c2cncn2C)nc(C)c1CNC1CC1. The fourth-order valence-electron chi connectivity index (χ4n) is 2.22. The Morgan fingerprint density at radius 2 is 1.95 bits per heavy atom. The summed E-state index contributed by atoms with van der Waals surface area (Å²) in [7, 11) is 1.96. The molecule has 1 fully saturated rings. The zero-order valence-corrected chi connectivity index (χ0v) is 11.6. The summed E-state index contributed by atoms with van der Waals surface area (Å²) >= 11 is 0. The standard InChI is InChI=1S/C14H19N5/c1-9-12(6-16-11-4-5-11)10(2)18-14(17-9)13-7-15-8-19(13)3/h7-8,11,16H,4-6H2,1-3H3. The predicted molar refractivity (Wildman–Crippen MR) is 73.6 cm³/mol. The van der Waals surface area contributed by atoms with Crippen molar-refractivity contribution in [1.82, 2.24) is 24.8 Å². The largest absolute Gasteiger partial charge is 0.331 e. The Balaban J connectivity index is 1.90. The van der Waals surface area contributed by atoms with Crippen molar-refractivity contribution in [3.63, 3.8) is 0 Å². The molecule has 0 atom stereocenters. The average molecular weight is 257 g/mol. The van der Waals surface area contributed by atoms with Crippen LogP contribution in [0.5, 0.6) is 0 Å². The monoisotopic (exact) mass is 257 g/mol. The zero-order chi connectivity index (χ0) is 13.4. The van der Waals surface area contributed by atoms with Gasteiger partial charge in [0.15, 0.2) is 5.82 Å². The Kier molecular flexibility index (Phi) is 3.06. The van der Waals surface area contributed by atoms with Crippen molar-refractivity contribution in [3.8, 4) is 11.5 Å². The van der Waals surface area contributed by atoms with Crippen LogP contribution >= 0.6 is 0 Å². The number of aryl methyl sites for hydroxylation is 3. The fourth-order valence-corrected chi connectivity index (χ4v) is 2.22. The van der Waals surface area contributed by atoms with E-state index in [4.69, 9.17) is 0 Å². The van der Waals surface area contributed by atoms with E-state index in [1.807, 2.05) is 11.6 Å². The molecule has 0 aromatic carbocycles. The van der Waals surface area contributed by atoms with Crippen molar-refractivity contribution in [2.45, 2.75) is 39.3 Å². The third-order valence-electron chi connectivity index (χ3n) is 3.61. The van der Waals surface area contributed by atoms with Gasteiger partial charge in [0.2, 0.25) is 0 Å². The van der Waals surface area contributed by atoms with Crippen molar-refractivity contribution in [2.75, 3.05) is 0 Å². The van der Waals surface area contributed by atoms with E-state index in [2.05, 4.69) is 34.1 Å². The minimum Gasteiger partial charge on any atom is -0.331 e. The highest BCUT2D eigenvalue weighted by atomic mass is 15.1. The molecule has 1 saturated carbocycles. The highest BCUT2D eigenvalue weighted by molar-refractivity contribution is 5.49. The molecule has 0 aliphatic heterocycles. The molecule has 0 radical (unpaired) electrons. The summed E-state index contributed by atoms with van der Waals surface area (Å²) < 4.78 is 1.94. The molecule has 2 aromatic heterocycles. The molecule has 1 aliphatic carbocycles. The van der Waals surface area contributed by atoms with Gasteiger partial charge in [-0.15, -0.1) is 0 Å². The number of nitrogens with zero attached hydrogens (tertiary/aromatic N) is 4. The van der Waals surface area contributed by atoms with E-state index < -0.39 is 0 Å². The summed E-state index contributed by atoms with van der Waals surface area (Å²) in [5, 5.41) is 3.52. The van der Waals surface area contributed by atoms with Crippen molar-refractivity contribution in [3.05, 3.63) is 29.5 Å². The maximum absolute atomic E-state index is 4.62. The molecule has 5 heteroatoms. The molecule has 0 saturated heterocycles. The first-order valence-corrected chi connectivity index (χ1v) is 6.69. The van der Waals surface area contributed by atoms with Gasteiger partial charge in [0.1, 0.15) is 5.69 Å². The number of rotatable bonds is 4. The smallest absolute Gasteiger partial charge is 0.178 e. The van der Waals surface area contributed by atoms with Crippen LogP contribution in [0.25, 0.3) is 11.5 Å². The highest BCUT2D eigenvalue weighted by Gasteiger charge is 2.21. The molecule has 2 aromatic rings. The van der Waals surface area contributed by atoms with E-state index in [0.29, 0.717) is 6.04 Å². The van der Waals surface area contributed by atoms with Crippen LogP contribution in [0.3, 0.4) is 0 Å². The second-order valence-electron chi connectivity index (χ2n) is 5.24. The number of hydrogen-bond donors (Lipinski definition) is 1. The quantitative estimate of drug-likeness (QED) is 0.906. The van der Waals surface area contributed by atoms with Gasteiger partial charge in [0.25, 0.3) is 0 Å². The molecule has 2 heterocycles. The Labute approximate surface area is 113 Å². The molecule has 1 aliphatic rings. The lowest BCUT2D eigenvalue weighted by Gasteiger charge is -2.11. The van der Waals surface area contributed by atoms with Gasteiger partial charge in [-0.2, -0.15) is 0 Å². The molecular weight excluding hydrogens is 238 g/mol. The van der Waals surface area contributed by atoms with Gasteiger partial charge in [-0.05, 0) is 26.7 Å². The van der Waals surface area contributed by atoms with Crippen molar-refractivity contribution >= 4 is 0 Å². The molecule has 0 spiro atoms. The highest BCUT2D eigenvalue weighted by Crippen LogP contribution is 2.21. The third-order valence-corrected chi connectivity index (χ3v) is 3.61. The number of nitrogens with one attached hydrogen (secondary N) is 1. The molecule has 19 heavy (non-hydrogen) atoms. The van der Waals surface area contributed by atoms with Gasteiger partial charge in [-0.25, -0.2) is 15.0 Å². The predicted octanol–water partition coefficient (Wildman–Crippen LogP) is 1.75. The molecule has 5 nitrogen and oxygen atoms in total. The number of imidazole rings is 1. The topological polar surface area (TPSA) is 55.6 Å². The van der Waals surface area contributed by atoms with Gasteiger partial charge < -0.3 is 9.88 Å². The lowest BCUT2D eigenvalue weighted by molar-refractivity contribution is 0.675. The van der Waals surface area contributed by atoms with Crippen molar-refractivity contribution in [2.24, 2.45) is 7.05 Å². The molecular formula is C14H19N5. The van der Waals surface area contributed by atoms with Crippen LogP contribution in [0, 0.1) is 13.8 Å². The van der Waals surface area contributed by atoms with Crippen LogP contribution in [-0.4, -0.2) is 25.6 Å². The summed E-state index contributed by atoms with van der Waals surface area (Å²) in [5.74, 6) is 0.755. The van der Waals surface area contributed by atoms with E-state index in [1.165, 1.54) is 18.4 Å². The van der Waals surface area contributed by atoms with Crippen LogP contribution in [0.15, 0.2) is 12.5 Å². The van der Waals surface area contributed by atoms with E-state index in [0.717, 1.165) is 29.5 Å². The van der Waals surface area contributed by atoms with Crippen LogP contribution in [0.1, 0.15) is 29.8 Å². The molecule has 0 unspecified atom stereocenters. The lowest BCUT2D eigenvalue weighted by atomic mass is 10.1. The Bertz CT molecular complexity index is 575. The second-order valence-corrected chi connectivity index (χ2v) is 5.24. The first-order chi connectivity index (χ1) is 9.15. The molecule has 100 valence electrons. The van der Waals surface area contributed by atoms with Crippen LogP contribution in [0.4, 0.5) is 0 Å². The summed E-state index contributed by atoms with van der Waals surface area (Å²) in [6.07, 6.45) is 6.17. The summed E-state index contributed by atoms with van der Waals surface area (Å²) in [4.78, 5) is 13.4. The van der Waals surface area contributed by atoms with Gasteiger partial charge >= 0.3 is 0 Å².